The second-order valence-electron chi connectivity index (χ2n) is 4.92. The van der Waals surface area contributed by atoms with E-state index < -0.39 is 0 Å². The van der Waals surface area contributed by atoms with Crippen molar-refractivity contribution >= 4 is 11.6 Å². The Labute approximate surface area is 109 Å². The molecule has 3 heteroatoms. The number of hydrogen-bond donors (Lipinski definition) is 1. The van der Waals surface area contributed by atoms with Crippen molar-refractivity contribution in [2.24, 2.45) is 5.92 Å². The van der Waals surface area contributed by atoms with Gasteiger partial charge in [-0.2, -0.15) is 0 Å². The van der Waals surface area contributed by atoms with E-state index in [0.29, 0.717) is 12.0 Å². The van der Waals surface area contributed by atoms with Crippen molar-refractivity contribution in [1.29, 1.82) is 0 Å². The molecule has 0 amide bonds. The van der Waals surface area contributed by atoms with Gasteiger partial charge in [-0.25, -0.2) is 0 Å². The molecule has 0 spiro atoms. The van der Waals surface area contributed by atoms with Crippen molar-refractivity contribution in [2.45, 2.75) is 39.8 Å². The van der Waals surface area contributed by atoms with E-state index in [2.05, 4.69) is 33.0 Å². The second-order valence-corrected chi connectivity index (χ2v) is 5.35. The molecule has 0 fully saturated rings. The molecule has 1 atom stereocenters. The van der Waals surface area contributed by atoms with E-state index in [1.807, 2.05) is 24.3 Å². The van der Waals surface area contributed by atoms with Gasteiger partial charge in [-0.15, -0.1) is 0 Å². The molecule has 1 rings (SSSR count). The number of halogens is 1. The van der Waals surface area contributed by atoms with Crippen LogP contribution in [0.5, 0.6) is 5.75 Å². The van der Waals surface area contributed by atoms with Gasteiger partial charge in [0.1, 0.15) is 11.9 Å². The van der Waals surface area contributed by atoms with Crippen molar-refractivity contribution in [3.05, 3.63) is 29.3 Å². The number of nitrogens with one attached hydrogen (secondary N) is 1. The molecule has 0 aromatic heterocycles. The molecular weight excluding hydrogens is 234 g/mol. The predicted octanol–water partition coefficient (Wildman–Crippen LogP) is 3.74. The summed E-state index contributed by atoms with van der Waals surface area (Å²) in [5, 5.41) is 4.14. The minimum atomic E-state index is 0.179. The van der Waals surface area contributed by atoms with Crippen LogP contribution >= 0.6 is 11.6 Å². The molecule has 1 N–H and O–H groups in total. The summed E-state index contributed by atoms with van der Waals surface area (Å²) in [6.07, 6.45) is 0.179. The molecule has 1 aromatic carbocycles. The smallest absolute Gasteiger partial charge is 0.119 e. The van der Waals surface area contributed by atoms with Crippen LogP contribution in [0.15, 0.2) is 24.3 Å². The highest BCUT2D eigenvalue weighted by Crippen LogP contribution is 2.18. The molecule has 0 bridgehead atoms. The Morgan fingerprint density at radius 2 is 1.71 bits per heavy atom. The first-order valence-electron chi connectivity index (χ1n) is 6.14. The molecule has 0 aliphatic heterocycles. The quantitative estimate of drug-likeness (QED) is 0.836. The SMILES string of the molecule is CC(C)NCC(Oc1ccc(Cl)cc1)C(C)C. The van der Waals surface area contributed by atoms with Crippen molar-refractivity contribution in [3.8, 4) is 5.75 Å². The predicted molar refractivity (Wildman–Crippen MR) is 73.8 cm³/mol. The fourth-order valence-electron chi connectivity index (χ4n) is 1.45. The fourth-order valence-corrected chi connectivity index (χ4v) is 1.58. The van der Waals surface area contributed by atoms with Crippen molar-refractivity contribution in [1.82, 2.24) is 5.32 Å². The van der Waals surface area contributed by atoms with Crippen LogP contribution in [0.1, 0.15) is 27.7 Å². The van der Waals surface area contributed by atoms with Crippen LogP contribution in [0.25, 0.3) is 0 Å². The highest BCUT2D eigenvalue weighted by molar-refractivity contribution is 6.30. The third-order valence-corrected chi connectivity index (χ3v) is 2.82. The van der Waals surface area contributed by atoms with E-state index in [9.17, 15) is 0 Å². The topological polar surface area (TPSA) is 21.3 Å². The summed E-state index contributed by atoms with van der Waals surface area (Å²) < 4.78 is 5.96. The van der Waals surface area contributed by atoms with Gasteiger partial charge in [-0.3, -0.25) is 0 Å². The molecule has 17 heavy (non-hydrogen) atoms. The molecule has 0 saturated heterocycles. The van der Waals surface area contributed by atoms with Crippen LogP contribution in [0.3, 0.4) is 0 Å². The fraction of sp³-hybridized carbons (Fsp3) is 0.571. The number of rotatable bonds is 6. The highest BCUT2D eigenvalue weighted by Gasteiger charge is 2.15. The maximum Gasteiger partial charge on any atom is 0.119 e. The first kappa shape index (κ1) is 14.3. The molecule has 96 valence electrons. The van der Waals surface area contributed by atoms with Crippen molar-refractivity contribution in [2.75, 3.05) is 6.54 Å². The van der Waals surface area contributed by atoms with Gasteiger partial charge in [0, 0.05) is 17.6 Å². The summed E-state index contributed by atoms with van der Waals surface area (Å²) in [6, 6.07) is 8.00. The monoisotopic (exact) mass is 255 g/mol. The maximum atomic E-state index is 5.96. The van der Waals surface area contributed by atoms with E-state index in [0.717, 1.165) is 17.3 Å². The molecule has 0 heterocycles. The minimum Gasteiger partial charge on any atom is -0.489 e. The lowest BCUT2D eigenvalue weighted by Crippen LogP contribution is -2.38. The summed E-state index contributed by atoms with van der Waals surface area (Å²) in [6.45, 7) is 9.47. The molecule has 0 aliphatic rings. The minimum absolute atomic E-state index is 0.179. The van der Waals surface area contributed by atoms with Gasteiger partial charge in [0.2, 0.25) is 0 Å². The number of ether oxygens (including phenoxy) is 1. The Morgan fingerprint density at radius 3 is 2.18 bits per heavy atom. The van der Waals surface area contributed by atoms with Gasteiger partial charge in [-0.05, 0) is 30.2 Å². The van der Waals surface area contributed by atoms with Gasteiger partial charge >= 0.3 is 0 Å². The van der Waals surface area contributed by atoms with Crippen LogP contribution in [-0.4, -0.2) is 18.7 Å². The zero-order chi connectivity index (χ0) is 12.8. The number of benzene rings is 1. The third-order valence-electron chi connectivity index (χ3n) is 2.57. The van der Waals surface area contributed by atoms with Crippen LogP contribution in [0, 0.1) is 5.92 Å². The Morgan fingerprint density at radius 1 is 1.12 bits per heavy atom. The standard InChI is InChI=1S/C14H22ClNO/c1-10(2)14(9-16-11(3)4)17-13-7-5-12(15)6-8-13/h5-8,10-11,14,16H,9H2,1-4H3. The summed E-state index contributed by atoms with van der Waals surface area (Å²) >= 11 is 5.85. The van der Waals surface area contributed by atoms with Gasteiger partial charge in [0.05, 0.1) is 0 Å². The van der Waals surface area contributed by atoms with Gasteiger partial charge in [-0.1, -0.05) is 39.3 Å². The van der Waals surface area contributed by atoms with Crippen LogP contribution in [0.4, 0.5) is 0 Å². The van der Waals surface area contributed by atoms with E-state index >= 15 is 0 Å². The Hall–Kier alpha value is -0.730. The first-order chi connectivity index (χ1) is 7.99. The maximum absolute atomic E-state index is 5.96. The van der Waals surface area contributed by atoms with E-state index in [1.165, 1.54) is 0 Å². The lowest BCUT2D eigenvalue weighted by Gasteiger charge is -2.24. The molecule has 2 nitrogen and oxygen atoms in total. The van der Waals surface area contributed by atoms with Crippen LogP contribution < -0.4 is 10.1 Å². The molecule has 0 aliphatic carbocycles. The van der Waals surface area contributed by atoms with E-state index in [-0.39, 0.29) is 6.10 Å². The summed E-state index contributed by atoms with van der Waals surface area (Å²) in [4.78, 5) is 0. The van der Waals surface area contributed by atoms with E-state index in [4.69, 9.17) is 16.3 Å². The molecule has 0 saturated carbocycles. The largest absolute Gasteiger partial charge is 0.489 e. The van der Waals surface area contributed by atoms with Crippen LogP contribution in [-0.2, 0) is 0 Å². The zero-order valence-corrected chi connectivity index (χ0v) is 11.8. The van der Waals surface area contributed by atoms with Crippen molar-refractivity contribution in [3.63, 3.8) is 0 Å². The Balaban J connectivity index is 2.57. The Bertz CT molecular complexity index is 321. The average molecular weight is 256 g/mol. The third kappa shape index (κ3) is 5.42. The first-order valence-corrected chi connectivity index (χ1v) is 6.52. The lowest BCUT2D eigenvalue weighted by atomic mass is 10.1. The molecule has 0 radical (unpaired) electrons. The lowest BCUT2D eigenvalue weighted by molar-refractivity contribution is 0.146. The molecular formula is C14H22ClNO. The summed E-state index contributed by atoms with van der Waals surface area (Å²) in [5.74, 6) is 1.34. The molecule has 1 aromatic rings. The van der Waals surface area contributed by atoms with Crippen molar-refractivity contribution < 1.29 is 4.74 Å². The Kier molecular flexibility index (Phi) is 5.79. The normalized spacial score (nSPS) is 13.1. The summed E-state index contributed by atoms with van der Waals surface area (Å²) in [7, 11) is 0. The molecule has 1 unspecified atom stereocenters. The van der Waals surface area contributed by atoms with Gasteiger partial charge in [0.25, 0.3) is 0 Å². The highest BCUT2D eigenvalue weighted by atomic mass is 35.5. The van der Waals surface area contributed by atoms with Crippen LogP contribution in [0.2, 0.25) is 5.02 Å². The number of hydrogen-bond acceptors (Lipinski definition) is 2. The van der Waals surface area contributed by atoms with Gasteiger partial charge in [0.15, 0.2) is 0 Å². The van der Waals surface area contributed by atoms with Gasteiger partial charge < -0.3 is 10.1 Å². The zero-order valence-electron chi connectivity index (χ0n) is 11.0. The average Bonchev–Trinajstić information content (AvgIpc) is 2.26. The second kappa shape index (κ2) is 6.87. The van der Waals surface area contributed by atoms with E-state index in [1.54, 1.807) is 0 Å². The summed E-state index contributed by atoms with van der Waals surface area (Å²) in [5.41, 5.74) is 0.